The second-order valence-corrected chi connectivity index (χ2v) is 5.98. The first kappa shape index (κ1) is 16.2. The molecule has 0 radical (unpaired) electrons. The lowest BCUT2D eigenvalue weighted by atomic mass is 10.1. The van der Waals surface area contributed by atoms with Crippen molar-refractivity contribution in [3.05, 3.63) is 59.5 Å². The van der Waals surface area contributed by atoms with Crippen molar-refractivity contribution in [3.63, 3.8) is 0 Å². The molecular formula is C17H13N5O3S. The molecule has 1 amide bonds. The van der Waals surface area contributed by atoms with Gasteiger partial charge in [-0.05, 0) is 35.9 Å². The zero-order valence-corrected chi connectivity index (χ0v) is 14.5. The molecule has 4 rings (SSSR count). The van der Waals surface area contributed by atoms with Crippen molar-refractivity contribution in [2.24, 2.45) is 0 Å². The molecule has 0 unspecified atom stereocenters. The van der Waals surface area contributed by atoms with E-state index in [1.165, 1.54) is 0 Å². The van der Waals surface area contributed by atoms with Gasteiger partial charge in [0.15, 0.2) is 0 Å². The van der Waals surface area contributed by atoms with E-state index in [4.69, 9.17) is 9.15 Å². The van der Waals surface area contributed by atoms with Gasteiger partial charge in [-0.1, -0.05) is 17.2 Å². The summed E-state index contributed by atoms with van der Waals surface area (Å²) in [6.07, 6.45) is 0.462. The summed E-state index contributed by atoms with van der Waals surface area (Å²) in [7, 11) is 1.62. The number of rotatable bonds is 5. The number of carbonyl (C=O) groups excluding carboxylic acids is 1. The average Bonchev–Trinajstić information content (AvgIpc) is 3.31. The maximum atomic E-state index is 12.3. The van der Waals surface area contributed by atoms with E-state index < -0.39 is 0 Å². The van der Waals surface area contributed by atoms with Gasteiger partial charge in [-0.25, -0.2) is 0 Å². The number of hydrogen-bond acceptors (Lipinski definition) is 8. The fourth-order valence-electron chi connectivity index (χ4n) is 2.39. The van der Waals surface area contributed by atoms with Crippen molar-refractivity contribution in [1.82, 2.24) is 18.9 Å². The maximum Gasteiger partial charge on any atom is 0.322 e. The van der Waals surface area contributed by atoms with Gasteiger partial charge < -0.3 is 9.15 Å². The SMILES string of the molecule is COc1ccc(Cc2nnc(NC(=O)c3ccc4nsnc4c3)o2)cc1. The minimum atomic E-state index is -0.348. The molecule has 9 heteroatoms. The van der Waals surface area contributed by atoms with Crippen LogP contribution in [0.5, 0.6) is 5.75 Å². The summed E-state index contributed by atoms with van der Waals surface area (Å²) in [5, 5.41) is 10.4. The number of anilines is 1. The molecule has 0 bridgehead atoms. The second-order valence-electron chi connectivity index (χ2n) is 5.45. The Balaban J connectivity index is 1.44. The molecule has 2 aromatic carbocycles. The molecule has 0 saturated carbocycles. The molecule has 0 aliphatic rings. The van der Waals surface area contributed by atoms with Crippen molar-refractivity contribution in [1.29, 1.82) is 0 Å². The summed E-state index contributed by atoms with van der Waals surface area (Å²) in [4.78, 5) is 12.3. The van der Waals surface area contributed by atoms with Crippen LogP contribution in [0.4, 0.5) is 6.01 Å². The predicted molar refractivity (Wildman–Crippen MR) is 95.5 cm³/mol. The smallest absolute Gasteiger partial charge is 0.322 e. The second kappa shape index (κ2) is 6.89. The van der Waals surface area contributed by atoms with Gasteiger partial charge in [-0.2, -0.15) is 8.75 Å². The third kappa shape index (κ3) is 3.38. The first-order valence-electron chi connectivity index (χ1n) is 7.70. The van der Waals surface area contributed by atoms with E-state index in [9.17, 15) is 4.79 Å². The normalized spacial score (nSPS) is 10.8. The van der Waals surface area contributed by atoms with Crippen LogP contribution in [0.15, 0.2) is 46.9 Å². The molecule has 2 aromatic heterocycles. The van der Waals surface area contributed by atoms with Gasteiger partial charge in [-0.15, -0.1) is 5.10 Å². The summed E-state index contributed by atoms with van der Waals surface area (Å²) in [6.45, 7) is 0. The van der Waals surface area contributed by atoms with E-state index in [1.807, 2.05) is 24.3 Å². The van der Waals surface area contributed by atoms with Crippen molar-refractivity contribution < 1.29 is 13.9 Å². The monoisotopic (exact) mass is 367 g/mol. The Morgan fingerprint density at radius 2 is 1.92 bits per heavy atom. The van der Waals surface area contributed by atoms with Crippen LogP contribution in [0.2, 0.25) is 0 Å². The molecule has 130 valence electrons. The average molecular weight is 367 g/mol. The third-order valence-corrected chi connectivity index (χ3v) is 4.27. The molecule has 0 saturated heterocycles. The van der Waals surface area contributed by atoms with E-state index in [1.54, 1.807) is 25.3 Å². The van der Waals surface area contributed by atoms with Gasteiger partial charge in [0.05, 0.1) is 25.3 Å². The van der Waals surface area contributed by atoms with E-state index in [0.29, 0.717) is 23.4 Å². The van der Waals surface area contributed by atoms with Crippen LogP contribution in [-0.2, 0) is 6.42 Å². The van der Waals surface area contributed by atoms with Crippen LogP contribution in [-0.4, -0.2) is 32.0 Å². The highest BCUT2D eigenvalue weighted by Crippen LogP contribution is 2.17. The van der Waals surface area contributed by atoms with E-state index >= 15 is 0 Å². The highest BCUT2D eigenvalue weighted by atomic mass is 32.1. The van der Waals surface area contributed by atoms with Crippen LogP contribution >= 0.6 is 11.7 Å². The fraction of sp³-hybridized carbons (Fsp3) is 0.118. The third-order valence-electron chi connectivity index (χ3n) is 3.72. The van der Waals surface area contributed by atoms with Crippen molar-refractivity contribution in [2.45, 2.75) is 6.42 Å². The first-order valence-corrected chi connectivity index (χ1v) is 8.43. The number of ether oxygens (including phenoxy) is 1. The van der Waals surface area contributed by atoms with E-state index in [0.717, 1.165) is 28.6 Å². The predicted octanol–water partition coefficient (Wildman–Crippen LogP) is 2.93. The minimum absolute atomic E-state index is 0.0509. The summed E-state index contributed by atoms with van der Waals surface area (Å²) in [5.74, 6) is 0.837. The molecule has 2 heterocycles. The number of nitrogens with one attached hydrogen (secondary N) is 1. The Hall–Kier alpha value is -3.33. The Labute approximate surface area is 152 Å². The van der Waals surface area contributed by atoms with Gasteiger partial charge in [0.25, 0.3) is 5.91 Å². The van der Waals surface area contributed by atoms with Gasteiger partial charge in [0, 0.05) is 5.56 Å². The summed E-state index contributed by atoms with van der Waals surface area (Å²) in [6, 6.07) is 12.7. The van der Waals surface area contributed by atoms with Crippen molar-refractivity contribution in [3.8, 4) is 5.75 Å². The Kier molecular flexibility index (Phi) is 4.28. The van der Waals surface area contributed by atoms with Gasteiger partial charge in [-0.3, -0.25) is 10.1 Å². The van der Waals surface area contributed by atoms with Gasteiger partial charge in [0.1, 0.15) is 16.8 Å². The number of aromatic nitrogens is 4. The molecule has 26 heavy (non-hydrogen) atoms. The lowest BCUT2D eigenvalue weighted by Crippen LogP contribution is -2.12. The molecule has 0 atom stereocenters. The van der Waals surface area contributed by atoms with Crippen LogP contribution in [0.25, 0.3) is 11.0 Å². The number of amides is 1. The molecule has 0 fully saturated rings. The highest BCUT2D eigenvalue weighted by molar-refractivity contribution is 7.00. The van der Waals surface area contributed by atoms with Crippen LogP contribution in [0, 0.1) is 0 Å². The Morgan fingerprint density at radius 1 is 1.12 bits per heavy atom. The number of fused-ring (bicyclic) bond motifs is 1. The lowest BCUT2D eigenvalue weighted by Gasteiger charge is -2.01. The number of benzene rings is 2. The molecule has 4 aromatic rings. The molecule has 1 N–H and O–H groups in total. The number of hydrogen-bond donors (Lipinski definition) is 1. The van der Waals surface area contributed by atoms with Gasteiger partial charge in [0.2, 0.25) is 5.89 Å². The van der Waals surface area contributed by atoms with E-state index in [2.05, 4.69) is 24.3 Å². The molecule has 0 aliphatic heterocycles. The van der Waals surface area contributed by atoms with Gasteiger partial charge >= 0.3 is 6.01 Å². The largest absolute Gasteiger partial charge is 0.497 e. The quantitative estimate of drug-likeness (QED) is 0.578. The maximum absolute atomic E-state index is 12.3. The summed E-state index contributed by atoms with van der Waals surface area (Å²) >= 11 is 1.10. The fourth-order valence-corrected chi connectivity index (χ4v) is 2.90. The standard InChI is InChI=1S/C17H13N5O3S/c1-24-12-5-2-10(3-6-12)8-15-19-20-17(25-15)18-16(23)11-4-7-13-14(9-11)22-26-21-13/h2-7,9H,8H2,1H3,(H,18,20,23). The zero-order valence-electron chi connectivity index (χ0n) is 13.7. The van der Waals surface area contributed by atoms with Crippen molar-refractivity contribution >= 4 is 34.7 Å². The summed E-state index contributed by atoms with van der Waals surface area (Å²) < 4.78 is 18.9. The molecular weight excluding hydrogens is 354 g/mol. The summed E-state index contributed by atoms with van der Waals surface area (Å²) in [5.41, 5.74) is 2.87. The number of methoxy groups -OCH3 is 1. The lowest BCUT2D eigenvalue weighted by molar-refractivity contribution is 0.102. The number of carbonyl (C=O) groups is 1. The highest BCUT2D eigenvalue weighted by Gasteiger charge is 2.13. The van der Waals surface area contributed by atoms with Crippen LogP contribution < -0.4 is 10.1 Å². The minimum Gasteiger partial charge on any atom is -0.497 e. The van der Waals surface area contributed by atoms with Crippen LogP contribution in [0.1, 0.15) is 21.8 Å². The van der Waals surface area contributed by atoms with E-state index in [-0.39, 0.29) is 11.9 Å². The molecule has 8 nitrogen and oxygen atoms in total. The molecule has 0 aliphatic carbocycles. The zero-order chi connectivity index (χ0) is 17.9. The number of nitrogens with zero attached hydrogens (tertiary/aromatic N) is 4. The topological polar surface area (TPSA) is 103 Å². The molecule has 0 spiro atoms. The first-order chi connectivity index (χ1) is 12.7. The Bertz CT molecular complexity index is 1060. The van der Waals surface area contributed by atoms with Crippen molar-refractivity contribution in [2.75, 3.05) is 12.4 Å². The Morgan fingerprint density at radius 3 is 2.73 bits per heavy atom. The van der Waals surface area contributed by atoms with Crippen LogP contribution in [0.3, 0.4) is 0 Å².